The molecule has 0 spiro atoms. The van der Waals surface area contributed by atoms with Gasteiger partial charge in [0, 0.05) is 17.7 Å². The molecule has 192 valence electrons. The molecule has 7 nitrogen and oxygen atoms in total. The Morgan fingerprint density at radius 1 is 1.17 bits per heavy atom. The third-order valence-electron chi connectivity index (χ3n) is 5.38. The van der Waals surface area contributed by atoms with Crippen molar-refractivity contribution in [2.24, 2.45) is 5.92 Å². The minimum absolute atomic E-state index is 0.150. The number of fused-ring (bicyclic) bond motifs is 1. The van der Waals surface area contributed by atoms with E-state index in [-0.39, 0.29) is 18.3 Å². The quantitative estimate of drug-likeness (QED) is 0.503. The molecule has 1 aromatic heterocycles. The Morgan fingerprint density at radius 3 is 2.51 bits per heavy atom. The van der Waals surface area contributed by atoms with Crippen LogP contribution < -0.4 is 15.4 Å². The number of benzene rings is 1. The summed E-state index contributed by atoms with van der Waals surface area (Å²) in [4.78, 5) is 20.8. The van der Waals surface area contributed by atoms with Gasteiger partial charge in [0.25, 0.3) is 0 Å². The Bertz CT molecular complexity index is 1070. The van der Waals surface area contributed by atoms with E-state index < -0.39 is 29.0 Å². The van der Waals surface area contributed by atoms with Crippen LogP contribution in [0.5, 0.6) is 5.75 Å². The molecule has 0 aliphatic carbocycles. The minimum atomic E-state index is -4.65. The molecule has 0 fully saturated rings. The van der Waals surface area contributed by atoms with Crippen LogP contribution in [0.3, 0.4) is 0 Å². The summed E-state index contributed by atoms with van der Waals surface area (Å²) >= 11 is 0. The molecule has 2 N–H and O–H groups in total. The Hall–Kier alpha value is -3.04. The Labute approximate surface area is 203 Å². The zero-order chi connectivity index (χ0) is 26.0. The molecule has 2 heterocycles. The number of aromatic nitrogens is 2. The molecule has 35 heavy (non-hydrogen) atoms. The molecule has 1 aliphatic rings. The fourth-order valence-electron chi connectivity index (χ4n) is 4.21. The molecule has 1 amide bonds. The van der Waals surface area contributed by atoms with Gasteiger partial charge in [0.15, 0.2) is 0 Å². The molecule has 0 bridgehead atoms. The van der Waals surface area contributed by atoms with E-state index in [1.807, 2.05) is 13.8 Å². The number of amides is 1. The van der Waals surface area contributed by atoms with Gasteiger partial charge in [-0.3, -0.25) is 0 Å². The summed E-state index contributed by atoms with van der Waals surface area (Å²) in [6, 6.07) is 3.92. The van der Waals surface area contributed by atoms with Crippen molar-refractivity contribution in [1.29, 1.82) is 0 Å². The number of ether oxygens (including phenoxy) is 2. The van der Waals surface area contributed by atoms with Gasteiger partial charge >= 0.3 is 12.3 Å². The van der Waals surface area contributed by atoms with Crippen LogP contribution in [-0.4, -0.2) is 40.4 Å². The monoisotopic (exact) mass is 494 g/mol. The van der Waals surface area contributed by atoms with Crippen molar-refractivity contribution in [3.05, 3.63) is 35.7 Å². The van der Waals surface area contributed by atoms with Gasteiger partial charge in [-0.15, -0.1) is 0 Å². The van der Waals surface area contributed by atoms with E-state index in [0.29, 0.717) is 36.5 Å². The lowest BCUT2D eigenvalue weighted by atomic mass is 9.91. The number of rotatable bonds is 7. The van der Waals surface area contributed by atoms with E-state index in [4.69, 9.17) is 9.47 Å². The molecule has 2 aromatic rings. The molecule has 10 heteroatoms. The van der Waals surface area contributed by atoms with E-state index in [1.54, 1.807) is 33.8 Å². The van der Waals surface area contributed by atoms with Crippen LogP contribution in [0, 0.1) is 5.92 Å². The van der Waals surface area contributed by atoms with Gasteiger partial charge in [0.1, 0.15) is 30.1 Å². The maximum absolute atomic E-state index is 14.0. The first-order valence-electron chi connectivity index (χ1n) is 11.6. The summed E-state index contributed by atoms with van der Waals surface area (Å²) in [5, 5.41) is 5.89. The Kier molecular flexibility index (Phi) is 7.52. The van der Waals surface area contributed by atoms with Gasteiger partial charge in [-0.05, 0) is 64.7 Å². The number of carbonyl (C=O) groups is 1. The smallest absolute Gasteiger partial charge is 0.419 e. The van der Waals surface area contributed by atoms with Gasteiger partial charge in [-0.2, -0.15) is 13.2 Å². The lowest BCUT2D eigenvalue weighted by molar-refractivity contribution is -0.139. The lowest BCUT2D eigenvalue weighted by Crippen LogP contribution is -2.52. The number of nitrogens with zero attached hydrogens (tertiary/aromatic N) is 2. The van der Waals surface area contributed by atoms with E-state index in [2.05, 4.69) is 20.6 Å². The lowest BCUT2D eigenvalue weighted by Gasteiger charge is -2.33. The van der Waals surface area contributed by atoms with Crippen LogP contribution in [0.4, 0.5) is 23.8 Å². The van der Waals surface area contributed by atoms with Gasteiger partial charge < -0.3 is 20.1 Å². The number of hydrogen-bond donors (Lipinski definition) is 2. The largest absolute Gasteiger partial charge is 0.491 e. The van der Waals surface area contributed by atoms with Crippen LogP contribution in [0.25, 0.3) is 11.3 Å². The highest BCUT2D eigenvalue weighted by molar-refractivity contribution is 5.71. The highest BCUT2D eigenvalue weighted by Gasteiger charge is 2.37. The normalized spacial score (nSPS) is 15.3. The van der Waals surface area contributed by atoms with Crippen molar-refractivity contribution >= 4 is 11.9 Å². The maximum Gasteiger partial charge on any atom is 0.419 e. The van der Waals surface area contributed by atoms with E-state index in [9.17, 15) is 18.0 Å². The first kappa shape index (κ1) is 26.6. The summed E-state index contributed by atoms with van der Waals surface area (Å²) in [5.41, 5.74) is -0.966. The van der Waals surface area contributed by atoms with E-state index in [1.165, 1.54) is 12.4 Å². The summed E-state index contributed by atoms with van der Waals surface area (Å²) < 4.78 is 53.1. The second kappa shape index (κ2) is 9.91. The van der Waals surface area contributed by atoms with Crippen molar-refractivity contribution in [3.63, 3.8) is 0 Å². The van der Waals surface area contributed by atoms with E-state index >= 15 is 0 Å². The molecular formula is C25H33F3N4O3. The summed E-state index contributed by atoms with van der Waals surface area (Å²) in [6.45, 7) is 11.4. The molecule has 1 aromatic carbocycles. The first-order chi connectivity index (χ1) is 16.2. The molecule has 0 radical (unpaired) electrons. The molecule has 1 aliphatic heterocycles. The number of alkyl halides is 3. The van der Waals surface area contributed by atoms with Crippen molar-refractivity contribution in [1.82, 2.24) is 15.3 Å². The third kappa shape index (κ3) is 6.99. The minimum Gasteiger partial charge on any atom is -0.491 e. The Balaban J connectivity index is 1.88. The fourth-order valence-corrected chi connectivity index (χ4v) is 4.21. The second-order valence-electron chi connectivity index (χ2n) is 10.5. The molecular weight excluding hydrogens is 461 g/mol. The predicted octanol–water partition coefficient (Wildman–Crippen LogP) is 5.84. The number of nitrogens with one attached hydrogen (secondary N) is 2. The van der Waals surface area contributed by atoms with Crippen LogP contribution in [0.1, 0.15) is 59.1 Å². The standard InChI is InChI=1S/C25H33F3N4O3/c1-15(2)12-24(6,32-22(33)35-23(3,4)5)13-34-19-8-7-16(11-18(19)25(26,27)28)20-17-9-10-29-21(17)31-14-30-20/h7-8,11,14-15H,9-10,12-13H2,1-6H3,(H,32,33)(H,29,30,31)/t24-/m0/s1. The number of carbonyl (C=O) groups excluding carboxylic acids is 1. The van der Waals surface area contributed by atoms with Crippen LogP contribution in [-0.2, 0) is 17.3 Å². The highest BCUT2D eigenvalue weighted by Crippen LogP contribution is 2.40. The van der Waals surface area contributed by atoms with Gasteiger partial charge in [0.2, 0.25) is 0 Å². The van der Waals surface area contributed by atoms with Gasteiger partial charge in [-0.1, -0.05) is 13.8 Å². The zero-order valence-electron chi connectivity index (χ0n) is 21.0. The van der Waals surface area contributed by atoms with Crippen molar-refractivity contribution < 1.29 is 27.4 Å². The molecule has 0 saturated heterocycles. The average molecular weight is 495 g/mol. The zero-order valence-corrected chi connectivity index (χ0v) is 21.0. The number of hydrogen-bond acceptors (Lipinski definition) is 6. The molecule has 3 rings (SSSR count). The fraction of sp³-hybridized carbons (Fsp3) is 0.560. The van der Waals surface area contributed by atoms with E-state index in [0.717, 1.165) is 11.6 Å². The number of halogens is 3. The van der Waals surface area contributed by atoms with Gasteiger partial charge in [-0.25, -0.2) is 14.8 Å². The SMILES string of the molecule is CC(C)C[C@@](C)(COc1ccc(-c2ncnc3c2CCN3)cc1C(F)(F)F)NC(=O)OC(C)(C)C. The summed E-state index contributed by atoms with van der Waals surface area (Å²) in [7, 11) is 0. The van der Waals surface area contributed by atoms with Crippen LogP contribution in [0.15, 0.2) is 24.5 Å². The molecule has 0 saturated carbocycles. The number of anilines is 1. The van der Waals surface area contributed by atoms with Crippen LogP contribution in [0.2, 0.25) is 0 Å². The topological polar surface area (TPSA) is 85.4 Å². The summed E-state index contributed by atoms with van der Waals surface area (Å²) in [5.74, 6) is 0.476. The van der Waals surface area contributed by atoms with Crippen molar-refractivity contribution in [3.8, 4) is 17.0 Å². The molecule has 1 atom stereocenters. The Morgan fingerprint density at radius 2 is 1.89 bits per heavy atom. The highest BCUT2D eigenvalue weighted by atomic mass is 19.4. The van der Waals surface area contributed by atoms with Crippen LogP contribution >= 0.6 is 0 Å². The van der Waals surface area contributed by atoms with Crippen molar-refractivity contribution in [2.75, 3.05) is 18.5 Å². The predicted molar refractivity (Wildman–Crippen MR) is 127 cm³/mol. The maximum atomic E-state index is 14.0. The number of alkyl carbamates (subject to hydrolysis) is 1. The third-order valence-corrected chi connectivity index (χ3v) is 5.38. The molecule has 0 unspecified atom stereocenters. The second-order valence-corrected chi connectivity index (χ2v) is 10.5. The van der Waals surface area contributed by atoms with Gasteiger partial charge in [0.05, 0.1) is 16.8 Å². The first-order valence-corrected chi connectivity index (χ1v) is 11.6. The average Bonchev–Trinajstić information content (AvgIpc) is 3.18. The van der Waals surface area contributed by atoms with Crippen molar-refractivity contribution in [2.45, 2.75) is 71.7 Å². The summed E-state index contributed by atoms with van der Waals surface area (Å²) in [6.07, 6.45) is -2.85.